The number of benzene rings is 1. The molecule has 0 spiro atoms. The van der Waals surface area contributed by atoms with E-state index in [1.165, 1.54) is 0 Å². The first-order valence-corrected chi connectivity index (χ1v) is 7.27. The number of carbonyl (C=O) groups is 1. The number of amides is 1. The van der Waals surface area contributed by atoms with E-state index in [9.17, 15) is 4.79 Å². The van der Waals surface area contributed by atoms with Crippen LogP contribution in [-0.4, -0.2) is 42.5 Å². The maximum Gasteiger partial charge on any atom is 0.253 e. The van der Waals surface area contributed by atoms with Gasteiger partial charge in [-0.05, 0) is 55.4 Å². The SMILES string of the molecule is CN(CC1CCNCC1)C(=O)c1ccc2cc[nH]c2c1. The number of aromatic nitrogens is 1. The van der Waals surface area contributed by atoms with Crippen LogP contribution in [0.5, 0.6) is 0 Å². The number of rotatable bonds is 3. The molecule has 20 heavy (non-hydrogen) atoms. The van der Waals surface area contributed by atoms with E-state index in [0.29, 0.717) is 5.92 Å². The van der Waals surface area contributed by atoms with E-state index in [2.05, 4.69) is 10.3 Å². The molecule has 2 aromatic rings. The molecule has 4 nitrogen and oxygen atoms in total. The Labute approximate surface area is 119 Å². The van der Waals surface area contributed by atoms with Crippen molar-refractivity contribution in [3.8, 4) is 0 Å². The molecule has 1 amide bonds. The van der Waals surface area contributed by atoms with Gasteiger partial charge in [0.25, 0.3) is 5.91 Å². The second kappa shape index (κ2) is 5.67. The minimum Gasteiger partial charge on any atom is -0.361 e. The lowest BCUT2D eigenvalue weighted by atomic mass is 9.97. The van der Waals surface area contributed by atoms with Crippen LogP contribution in [0, 0.1) is 5.92 Å². The van der Waals surface area contributed by atoms with E-state index in [0.717, 1.165) is 48.9 Å². The van der Waals surface area contributed by atoms with Gasteiger partial charge in [-0.15, -0.1) is 0 Å². The highest BCUT2D eigenvalue weighted by molar-refractivity contribution is 5.97. The fourth-order valence-corrected chi connectivity index (χ4v) is 2.94. The van der Waals surface area contributed by atoms with Crippen LogP contribution in [0.3, 0.4) is 0 Å². The zero-order valence-corrected chi connectivity index (χ0v) is 11.9. The van der Waals surface area contributed by atoms with Crippen molar-refractivity contribution in [2.45, 2.75) is 12.8 Å². The van der Waals surface area contributed by atoms with Crippen molar-refractivity contribution in [3.05, 3.63) is 36.0 Å². The maximum absolute atomic E-state index is 12.5. The third kappa shape index (κ3) is 2.70. The van der Waals surface area contributed by atoms with Crippen molar-refractivity contribution >= 4 is 16.8 Å². The van der Waals surface area contributed by atoms with Crippen LogP contribution in [0.15, 0.2) is 30.5 Å². The average molecular weight is 271 g/mol. The van der Waals surface area contributed by atoms with Crippen molar-refractivity contribution < 1.29 is 4.79 Å². The molecule has 1 saturated heterocycles. The predicted molar refractivity (Wildman–Crippen MR) is 80.9 cm³/mol. The van der Waals surface area contributed by atoms with Crippen molar-refractivity contribution in [2.24, 2.45) is 5.92 Å². The molecule has 1 fully saturated rings. The maximum atomic E-state index is 12.5. The van der Waals surface area contributed by atoms with E-state index in [4.69, 9.17) is 0 Å². The number of piperidine rings is 1. The molecule has 1 aromatic heterocycles. The first kappa shape index (κ1) is 13.2. The molecule has 1 aliphatic rings. The highest BCUT2D eigenvalue weighted by atomic mass is 16.2. The van der Waals surface area contributed by atoms with Gasteiger partial charge in [0.15, 0.2) is 0 Å². The minimum atomic E-state index is 0.111. The Hall–Kier alpha value is -1.81. The summed E-state index contributed by atoms with van der Waals surface area (Å²) in [6.07, 6.45) is 4.22. The summed E-state index contributed by atoms with van der Waals surface area (Å²) in [7, 11) is 1.91. The summed E-state index contributed by atoms with van der Waals surface area (Å²) in [5.41, 5.74) is 1.78. The summed E-state index contributed by atoms with van der Waals surface area (Å²) in [4.78, 5) is 17.5. The lowest BCUT2D eigenvalue weighted by Crippen LogP contribution is -2.37. The number of H-pyrrole nitrogens is 1. The van der Waals surface area contributed by atoms with Crippen molar-refractivity contribution in [2.75, 3.05) is 26.7 Å². The zero-order chi connectivity index (χ0) is 13.9. The normalized spacial score (nSPS) is 16.4. The summed E-state index contributed by atoms with van der Waals surface area (Å²) in [5.74, 6) is 0.736. The van der Waals surface area contributed by atoms with Crippen LogP contribution in [0.25, 0.3) is 10.9 Å². The standard InChI is InChI=1S/C16H21N3O/c1-19(11-12-4-7-17-8-5-12)16(20)14-3-2-13-6-9-18-15(13)10-14/h2-3,6,9-10,12,17-18H,4-5,7-8,11H2,1H3. The van der Waals surface area contributed by atoms with Gasteiger partial charge in [-0.3, -0.25) is 4.79 Å². The zero-order valence-electron chi connectivity index (χ0n) is 11.9. The molecule has 0 atom stereocenters. The monoisotopic (exact) mass is 271 g/mol. The second-order valence-corrected chi connectivity index (χ2v) is 5.66. The Bertz CT molecular complexity index is 599. The summed E-state index contributed by atoms with van der Waals surface area (Å²) < 4.78 is 0. The molecule has 0 bridgehead atoms. The molecule has 1 aromatic carbocycles. The molecular formula is C16H21N3O. The molecule has 0 radical (unpaired) electrons. The number of hydrogen-bond donors (Lipinski definition) is 2. The Balaban J connectivity index is 1.70. The molecule has 0 unspecified atom stereocenters. The molecule has 106 valence electrons. The molecule has 2 N–H and O–H groups in total. The Morgan fingerprint density at radius 3 is 2.90 bits per heavy atom. The van der Waals surface area contributed by atoms with Crippen LogP contribution >= 0.6 is 0 Å². The van der Waals surface area contributed by atoms with Gasteiger partial charge >= 0.3 is 0 Å². The van der Waals surface area contributed by atoms with E-state index in [-0.39, 0.29) is 5.91 Å². The van der Waals surface area contributed by atoms with Gasteiger partial charge in [0.05, 0.1) is 0 Å². The van der Waals surface area contributed by atoms with Crippen molar-refractivity contribution in [1.82, 2.24) is 15.2 Å². The first-order valence-electron chi connectivity index (χ1n) is 7.27. The fraction of sp³-hybridized carbons (Fsp3) is 0.438. The molecule has 0 aliphatic carbocycles. The van der Waals surface area contributed by atoms with E-state index in [1.54, 1.807) is 0 Å². The Morgan fingerprint density at radius 1 is 1.30 bits per heavy atom. The van der Waals surface area contributed by atoms with E-state index >= 15 is 0 Å². The molecule has 2 heterocycles. The van der Waals surface area contributed by atoms with Gasteiger partial charge in [-0.1, -0.05) is 6.07 Å². The Kier molecular flexibility index (Phi) is 3.74. The summed E-state index contributed by atoms with van der Waals surface area (Å²) in [5, 5.41) is 4.50. The Morgan fingerprint density at radius 2 is 2.10 bits per heavy atom. The topological polar surface area (TPSA) is 48.1 Å². The summed E-state index contributed by atoms with van der Waals surface area (Å²) in [6, 6.07) is 7.87. The van der Waals surface area contributed by atoms with Gasteiger partial charge in [0.1, 0.15) is 0 Å². The molecule has 1 aliphatic heterocycles. The van der Waals surface area contributed by atoms with Crippen molar-refractivity contribution in [3.63, 3.8) is 0 Å². The third-order valence-corrected chi connectivity index (χ3v) is 4.14. The third-order valence-electron chi connectivity index (χ3n) is 4.14. The lowest BCUT2D eigenvalue weighted by molar-refractivity contribution is 0.0763. The van der Waals surface area contributed by atoms with Gasteiger partial charge in [0.2, 0.25) is 0 Å². The molecule has 0 saturated carbocycles. The smallest absolute Gasteiger partial charge is 0.253 e. The number of nitrogens with zero attached hydrogens (tertiary/aromatic N) is 1. The predicted octanol–water partition coefficient (Wildman–Crippen LogP) is 2.24. The number of aromatic amines is 1. The van der Waals surface area contributed by atoms with E-state index < -0.39 is 0 Å². The van der Waals surface area contributed by atoms with Gasteiger partial charge < -0.3 is 15.2 Å². The number of hydrogen-bond acceptors (Lipinski definition) is 2. The van der Waals surface area contributed by atoms with Gasteiger partial charge in [-0.25, -0.2) is 0 Å². The highest BCUT2D eigenvalue weighted by Crippen LogP contribution is 2.17. The van der Waals surface area contributed by atoms with Crippen LogP contribution in [0.2, 0.25) is 0 Å². The highest BCUT2D eigenvalue weighted by Gasteiger charge is 2.19. The fourth-order valence-electron chi connectivity index (χ4n) is 2.94. The number of nitrogens with one attached hydrogen (secondary N) is 2. The summed E-state index contributed by atoms with van der Waals surface area (Å²) in [6.45, 7) is 2.99. The average Bonchev–Trinajstić information content (AvgIpc) is 2.94. The number of carbonyl (C=O) groups excluding carboxylic acids is 1. The minimum absolute atomic E-state index is 0.111. The van der Waals surface area contributed by atoms with Gasteiger partial charge in [0, 0.05) is 30.9 Å². The van der Waals surface area contributed by atoms with E-state index in [1.807, 2.05) is 42.4 Å². The number of fused-ring (bicyclic) bond motifs is 1. The van der Waals surface area contributed by atoms with Crippen LogP contribution < -0.4 is 5.32 Å². The molecule has 3 rings (SSSR count). The quantitative estimate of drug-likeness (QED) is 0.899. The van der Waals surface area contributed by atoms with Crippen molar-refractivity contribution in [1.29, 1.82) is 0 Å². The largest absolute Gasteiger partial charge is 0.361 e. The van der Waals surface area contributed by atoms with Crippen LogP contribution in [0.4, 0.5) is 0 Å². The van der Waals surface area contributed by atoms with Gasteiger partial charge in [-0.2, -0.15) is 0 Å². The van der Waals surface area contributed by atoms with Crippen LogP contribution in [0.1, 0.15) is 23.2 Å². The first-order chi connectivity index (χ1) is 9.74. The molecular weight excluding hydrogens is 250 g/mol. The lowest BCUT2D eigenvalue weighted by Gasteiger charge is -2.27. The molecule has 4 heteroatoms. The second-order valence-electron chi connectivity index (χ2n) is 5.66. The summed E-state index contributed by atoms with van der Waals surface area (Å²) >= 11 is 0. The van der Waals surface area contributed by atoms with Crippen LogP contribution in [-0.2, 0) is 0 Å².